The van der Waals surface area contributed by atoms with E-state index < -0.39 is 88.7 Å². The van der Waals surface area contributed by atoms with Gasteiger partial charge in [0.1, 0.15) is 22.7 Å². The van der Waals surface area contributed by atoms with Crippen molar-refractivity contribution in [3.05, 3.63) is 126 Å². The molecule has 0 saturated heterocycles. The van der Waals surface area contributed by atoms with Crippen LogP contribution in [0.1, 0.15) is 62.5 Å². The Labute approximate surface area is 421 Å². The van der Waals surface area contributed by atoms with Crippen molar-refractivity contribution in [3.63, 3.8) is 0 Å². The number of amides is 2. The molecule has 4 aromatic rings. The van der Waals surface area contributed by atoms with Crippen LogP contribution in [0.4, 0.5) is 8.78 Å². The zero-order valence-electron chi connectivity index (χ0n) is 35.5. The van der Waals surface area contributed by atoms with E-state index in [0.29, 0.717) is 36.8 Å². The van der Waals surface area contributed by atoms with E-state index >= 15 is 0 Å². The SMILES string of the molecule is N#CC1(NC(=O)[C@@H]2C[C@@H](S(=O)(=O)c3ccccc3Cl)C[C@H]2OCc2cc(F)c(Cl)cc2Cl)CC1.N#CC1(NC(=O)[C@H]2C[C@H](S(=O)(=O)c3ccccc3Cl)C[C@@H]2OCc2cc(F)c(Cl)cc2Cl)CC1. The Morgan fingerprint density at radius 3 is 1.25 bits per heavy atom. The third-order valence-corrected chi connectivity index (χ3v) is 19.1. The Morgan fingerprint density at radius 1 is 0.574 bits per heavy atom. The minimum Gasteiger partial charge on any atom is -0.373 e. The summed E-state index contributed by atoms with van der Waals surface area (Å²) in [4.78, 5) is 26.1. The number of rotatable bonds is 14. The summed E-state index contributed by atoms with van der Waals surface area (Å²) in [5, 5.41) is 22.6. The summed E-state index contributed by atoms with van der Waals surface area (Å²) in [5.74, 6) is -3.90. The molecule has 8 rings (SSSR count). The number of carbonyl (C=O) groups is 2. The van der Waals surface area contributed by atoms with Gasteiger partial charge in [-0.05, 0) is 111 Å². The Balaban J connectivity index is 0.000000201. The van der Waals surface area contributed by atoms with Gasteiger partial charge in [-0.25, -0.2) is 25.6 Å². The van der Waals surface area contributed by atoms with Crippen molar-refractivity contribution >= 4 is 101 Å². The molecule has 0 aliphatic heterocycles. The highest BCUT2D eigenvalue weighted by atomic mass is 35.5. The Bertz CT molecular complexity index is 2750. The molecule has 4 aliphatic carbocycles. The Hall–Kier alpha value is -3.78. The molecule has 68 heavy (non-hydrogen) atoms. The van der Waals surface area contributed by atoms with E-state index in [2.05, 4.69) is 22.8 Å². The van der Waals surface area contributed by atoms with E-state index in [1.54, 1.807) is 24.3 Å². The fourth-order valence-corrected chi connectivity index (χ4v) is 13.8. The van der Waals surface area contributed by atoms with Gasteiger partial charge in [0.05, 0.1) is 89.8 Å². The number of hydrogen-bond donors (Lipinski definition) is 2. The van der Waals surface area contributed by atoms with E-state index in [0.717, 1.165) is 12.1 Å². The number of hydrogen-bond acceptors (Lipinski definition) is 10. The van der Waals surface area contributed by atoms with Crippen LogP contribution in [-0.4, -0.2) is 62.4 Å². The van der Waals surface area contributed by atoms with Crippen LogP contribution in [0.5, 0.6) is 0 Å². The number of benzene rings is 4. The minimum absolute atomic E-state index is 0.00568. The van der Waals surface area contributed by atoms with Crippen LogP contribution in [0.3, 0.4) is 0 Å². The van der Waals surface area contributed by atoms with E-state index in [9.17, 15) is 45.7 Å². The minimum atomic E-state index is -3.87. The lowest BCUT2D eigenvalue weighted by Crippen LogP contribution is -2.42. The summed E-state index contributed by atoms with van der Waals surface area (Å²) in [5.41, 5.74) is -1.19. The molecule has 0 aromatic heterocycles. The van der Waals surface area contributed by atoms with E-state index in [-0.39, 0.29) is 78.8 Å². The highest BCUT2D eigenvalue weighted by molar-refractivity contribution is 7.92. The number of nitriles is 2. The quantitative estimate of drug-likeness (QED) is 0.115. The number of ether oxygens (including phenoxy) is 2. The Kier molecular flexibility index (Phi) is 16.0. The second-order valence-corrected chi connectivity index (χ2v) is 24.0. The van der Waals surface area contributed by atoms with Crippen LogP contribution in [0, 0.1) is 46.1 Å². The van der Waals surface area contributed by atoms with E-state index in [1.807, 2.05) is 0 Å². The van der Waals surface area contributed by atoms with Gasteiger partial charge in [0.25, 0.3) is 0 Å². The molecule has 360 valence electrons. The maximum Gasteiger partial charge on any atom is 0.227 e. The van der Waals surface area contributed by atoms with Gasteiger partial charge in [-0.1, -0.05) is 93.9 Å². The molecule has 6 atom stereocenters. The monoisotopic (exact) mass is 1090 g/mol. The first-order valence-corrected chi connectivity index (χ1v) is 26.4. The molecule has 4 aromatic carbocycles. The van der Waals surface area contributed by atoms with Crippen LogP contribution in [0.15, 0.2) is 82.6 Å². The number of halogens is 8. The lowest BCUT2D eigenvalue weighted by molar-refractivity contribution is -0.131. The molecule has 22 heteroatoms. The van der Waals surface area contributed by atoms with Crippen LogP contribution >= 0.6 is 69.6 Å². The van der Waals surface area contributed by atoms with Crippen molar-refractivity contribution in [2.45, 2.75) is 108 Å². The van der Waals surface area contributed by atoms with Gasteiger partial charge in [0.2, 0.25) is 11.8 Å². The first-order valence-electron chi connectivity index (χ1n) is 21.1. The molecule has 0 heterocycles. The van der Waals surface area contributed by atoms with Crippen molar-refractivity contribution < 1.29 is 44.7 Å². The highest BCUT2D eigenvalue weighted by Gasteiger charge is 2.52. The average molecular weight is 1090 g/mol. The third kappa shape index (κ3) is 11.5. The van der Waals surface area contributed by atoms with Gasteiger partial charge in [0, 0.05) is 10.0 Å². The summed E-state index contributed by atoms with van der Waals surface area (Å²) in [6.07, 6.45) is 0.588. The average Bonchev–Trinajstić information content (AvgIpc) is 4.15. The van der Waals surface area contributed by atoms with E-state index in [1.165, 1.54) is 36.4 Å². The van der Waals surface area contributed by atoms with Gasteiger partial charge in [-0.15, -0.1) is 0 Å². The zero-order valence-corrected chi connectivity index (χ0v) is 41.6. The van der Waals surface area contributed by atoms with Crippen molar-refractivity contribution in [2.75, 3.05) is 0 Å². The van der Waals surface area contributed by atoms with Gasteiger partial charge in [0.15, 0.2) is 19.7 Å². The summed E-state index contributed by atoms with van der Waals surface area (Å²) in [7, 11) is -7.73. The molecular formula is C46H40Cl6F2N4O8S2. The van der Waals surface area contributed by atoms with Crippen LogP contribution in [-0.2, 0) is 52.0 Å². The van der Waals surface area contributed by atoms with Crippen molar-refractivity contribution in [2.24, 2.45) is 11.8 Å². The molecule has 2 amide bonds. The molecule has 4 aliphatic rings. The summed E-state index contributed by atoms with van der Waals surface area (Å²) >= 11 is 36.0. The molecule has 4 fully saturated rings. The maximum atomic E-state index is 13.9. The smallest absolute Gasteiger partial charge is 0.227 e. The number of nitrogens with one attached hydrogen (secondary N) is 2. The predicted molar refractivity (Wildman–Crippen MR) is 252 cm³/mol. The molecule has 4 saturated carbocycles. The number of nitrogens with zero attached hydrogens (tertiary/aromatic N) is 2. The van der Waals surface area contributed by atoms with Gasteiger partial charge < -0.3 is 20.1 Å². The molecule has 0 radical (unpaired) electrons. The second kappa shape index (κ2) is 20.9. The lowest BCUT2D eigenvalue weighted by atomic mass is 10.0. The molecular weight excluding hydrogens is 1050 g/mol. The summed E-state index contributed by atoms with van der Waals surface area (Å²) < 4.78 is 93.0. The molecule has 2 N–H and O–H groups in total. The molecule has 12 nitrogen and oxygen atoms in total. The summed E-state index contributed by atoms with van der Waals surface area (Å²) in [6, 6.07) is 21.2. The van der Waals surface area contributed by atoms with Crippen molar-refractivity contribution in [1.82, 2.24) is 10.6 Å². The third-order valence-electron chi connectivity index (χ3n) is 12.5. The molecule has 0 bridgehead atoms. The first-order chi connectivity index (χ1) is 32.1. The standard InChI is InChI=1S/2C23H20Cl3FN2O4S/c2*24-16-3-1-2-4-21(16)34(31,32)14-8-15(22(30)29-23(12-28)5-6-23)20(9-14)33-11-13-7-19(27)18(26)10-17(13)25/h2*1-4,7,10,14-15,20H,5-6,8-9,11H2,(H,29,30)/t2*14-,15-,20-/m10/s1. The first kappa shape index (κ1) is 52.1. The summed E-state index contributed by atoms with van der Waals surface area (Å²) in [6.45, 7) is -0.298. The lowest BCUT2D eigenvalue weighted by Gasteiger charge is -2.21. The fourth-order valence-electron chi connectivity index (χ4n) is 8.23. The number of carbonyl (C=O) groups excluding carboxylic acids is 2. The van der Waals surface area contributed by atoms with Crippen molar-refractivity contribution in [1.29, 1.82) is 10.5 Å². The zero-order chi connectivity index (χ0) is 49.3. The van der Waals surface area contributed by atoms with E-state index in [4.69, 9.17) is 79.1 Å². The maximum absolute atomic E-state index is 13.9. The fraction of sp³-hybridized carbons (Fsp3) is 0.391. The molecule has 0 unspecified atom stereocenters. The van der Waals surface area contributed by atoms with Crippen molar-refractivity contribution in [3.8, 4) is 12.1 Å². The highest BCUT2D eigenvalue weighted by Crippen LogP contribution is 2.43. The van der Waals surface area contributed by atoms with Crippen LogP contribution in [0.2, 0.25) is 30.1 Å². The van der Waals surface area contributed by atoms with Crippen LogP contribution < -0.4 is 10.6 Å². The van der Waals surface area contributed by atoms with Gasteiger partial charge in [-0.2, -0.15) is 10.5 Å². The van der Waals surface area contributed by atoms with Crippen LogP contribution in [0.25, 0.3) is 0 Å². The van der Waals surface area contributed by atoms with Gasteiger partial charge in [-0.3, -0.25) is 9.59 Å². The normalized spacial score (nSPS) is 23.3. The largest absolute Gasteiger partial charge is 0.373 e. The topological polar surface area (TPSA) is 193 Å². The predicted octanol–water partition coefficient (Wildman–Crippen LogP) is 10.2. The molecule has 0 spiro atoms. The van der Waals surface area contributed by atoms with Gasteiger partial charge >= 0.3 is 0 Å². The second-order valence-electron chi connectivity index (χ2n) is 17.1. The Morgan fingerprint density at radius 2 is 0.926 bits per heavy atom. The number of sulfone groups is 2.